The number of aromatic nitrogens is 1. The van der Waals surface area contributed by atoms with Gasteiger partial charge in [-0.1, -0.05) is 0 Å². The van der Waals surface area contributed by atoms with Crippen LogP contribution in [0.4, 0.5) is 13.2 Å². The number of morpholine rings is 1. The van der Waals surface area contributed by atoms with Crippen molar-refractivity contribution in [3.8, 4) is 0 Å². The molecule has 1 N–H and O–H groups in total. The summed E-state index contributed by atoms with van der Waals surface area (Å²) < 4.78 is 43.9. The van der Waals surface area contributed by atoms with Gasteiger partial charge in [-0.25, -0.2) is 0 Å². The highest BCUT2D eigenvalue weighted by Crippen LogP contribution is 2.35. The Bertz CT molecular complexity index is 439. The first-order valence-corrected chi connectivity index (χ1v) is 5.89. The Kier molecular flexibility index (Phi) is 4.07. The lowest BCUT2D eigenvalue weighted by Gasteiger charge is -2.33. The Morgan fingerprint density at radius 2 is 2.26 bits per heavy atom. The van der Waals surface area contributed by atoms with Crippen LogP contribution in [0.5, 0.6) is 0 Å². The summed E-state index contributed by atoms with van der Waals surface area (Å²) in [5, 5.41) is 10.1. The normalized spacial score (nSPS) is 23.3. The molecule has 0 spiro atoms. The van der Waals surface area contributed by atoms with Gasteiger partial charge in [0, 0.05) is 31.0 Å². The third-order valence-corrected chi connectivity index (χ3v) is 3.12. The molecule has 2 rings (SSSR count). The molecule has 4 nitrogen and oxygen atoms in total. The second kappa shape index (κ2) is 5.44. The smallest absolute Gasteiger partial charge is 0.386 e. The summed E-state index contributed by atoms with van der Waals surface area (Å²) in [4.78, 5) is 5.57. The maximum absolute atomic E-state index is 12.9. The highest BCUT2D eigenvalue weighted by molar-refractivity contribution is 5.29. The minimum absolute atomic E-state index is 0.240. The fourth-order valence-electron chi connectivity index (χ4n) is 2.10. The van der Waals surface area contributed by atoms with Gasteiger partial charge in [0.05, 0.1) is 12.2 Å². The lowest BCUT2D eigenvalue weighted by molar-refractivity contribution is -0.141. The predicted octanol–water partition coefficient (Wildman–Crippen LogP) is 1.46. The molecule has 7 heteroatoms. The first-order valence-electron chi connectivity index (χ1n) is 5.89. The van der Waals surface area contributed by atoms with Crippen LogP contribution < -0.4 is 0 Å². The van der Waals surface area contributed by atoms with Crippen molar-refractivity contribution in [3.63, 3.8) is 0 Å². The molecule has 19 heavy (non-hydrogen) atoms. The van der Waals surface area contributed by atoms with Crippen molar-refractivity contribution in [2.24, 2.45) is 0 Å². The van der Waals surface area contributed by atoms with Gasteiger partial charge < -0.3 is 14.7 Å². The number of aliphatic hydroxyl groups is 1. The molecule has 0 aromatic carbocycles. The van der Waals surface area contributed by atoms with Gasteiger partial charge in [-0.05, 0) is 13.1 Å². The molecule has 106 valence electrons. The standard InChI is InChI=1S/C12H15F3N2O2/c1-17-4-5-19-10(7-17)11(18)8-6-16-3-2-9(8)12(13,14)15/h2-3,6,10-11,18H,4-5,7H2,1H3. The minimum Gasteiger partial charge on any atom is -0.386 e. The van der Waals surface area contributed by atoms with E-state index in [-0.39, 0.29) is 5.56 Å². The van der Waals surface area contributed by atoms with Gasteiger partial charge in [-0.15, -0.1) is 0 Å². The number of nitrogens with zero attached hydrogens (tertiary/aromatic N) is 2. The molecule has 0 radical (unpaired) electrons. The van der Waals surface area contributed by atoms with E-state index in [2.05, 4.69) is 4.98 Å². The third kappa shape index (κ3) is 3.23. The predicted molar refractivity (Wildman–Crippen MR) is 61.4 cm³/mol. The molecule has 1 aliphatic rings. The van der Waals surface area contributed by atoms with E-state index < -0.39 is 23.9 Å². The molecule has 0 amide bonds. The number of hydrogen-bond acceptors (Lipinski definition) is 4. The summed E-state index contributed by atoms with van der Waals surface area (Å²) in [5.74, 6) is 0. The fraction of sp³-hybridized carbons (Fsp3) is 0.583. The van der Waals surface area contributed by atoms with Crippen molar-refractivity contribution >= 4 is 0 Å². The van der Waals surface area contributed by atoms with E-state index in [1.54, 1.807) is 0 Å². The summed E-state index contributed by atoms with van der Waals surface area (Å²) >= 11 is 0. The van der Waals surface area contributed by atoms with Crippen LogP contribution in [0.2, 0.25) is 0 Å². The van der Waals surface area contributed by atoms with Crippen molar-refractivity contribution in [3.05, 3.63) is 29.6 Å². The number of ether oxygens (including phenoxy) is 1. The van der Waals surface area contributed by atoms with Gasteiger partial charge >= 0.3 is 6.18 Å². The van der Waals surface area contributed by atoms with Crippen molar-refractivity contribution in [1.82, 2.24) is 9.88 Å². The maximum atomic E-state index is 12.9. The number of halogens is 3. The Hall–Kier alpha value is -1.18. The molecule has 1 fully saturated rings. The summed E-state index contributed by atoms with van der Waals surface area (Å²) in [5.41, 5.74) is -1.11. The third-order valence-electron chi connectivity index (χ3n) is 3.12. The Morgan fingerprint density at radius 1 is 1.53 bits per heavy atom. The number of rotatable bonds is 2. The van der Waals surface area contributed by atoms with Gasteiger partial charge in [-0.3, -0.25) is 4.98 Å². The molecule has 1 aromatic rings. The zero-order valence-corrected chi connectivity index (χ0v) is 10.4. The van der Waals surface area contributed by atoms with E-state index in [9.17, 15) is 18.3 Å². The Labute approximate surface area is 108 Å². The summed E-state index contributed by atoms with van der Waals surface area (Å²) in [7, 11) is 1.83. The fourth-order valence-corrected chi connectivity index (χ4v) is 2.10. The maximum Gasteiger partial charge on any atom is 0.416 e. The van der Waals surface area contributed by atoms with Crippen LogP contribution in [0.3, 0.4) is 0 Å². The van der Waals surface area contributed by atoms with E-state index >= 15 is 0 Å². The molecule has 2 atom stereocenters. The lowest BCUT2D eigenvalue weighted by Crippen LogP contribution is -2.43. The van der Waals surface area contributed by atoms with E-state index in [0.717, 1.165) is 18.5 Å². The number of aliphatic hydroxyl groups excluding tert-OH is 1. The first kappa shape index (κ1) is 14.2. The van der Waals surface area contributed by atoms with Crippen molar-refractivity contribution < 1.29 is 23.0 Å². The van der Waals surface area contributed by atoms with Crippen LogP contribution in [0.15, 0.2) is 18.5 Å². The monoisotopic (exact) mass is 276 g/mol. The molecule has 0 bridgehead atoms. The molecule has 1 aliphatic heterocycles. The minimum atomic E-state index is -4.51. The quantitative estimate of drug-likeness (QED) is 0.888. The van der Waals surface area contributed by atoms with Gasteiger partial charge in [-0.2, -0.15) is 13.2 Å². The first-order chi connectivity index (χ1) is 8.89. The topological polar surface area (TPSA) is 45.6 Å². The molecule has 1 aromatic heterocycles. The number of hydrogen-bond donors (Lipinski definition) is 1. The zero-order valence-electron chi connectivity index (χ0n) is 10.4. The highest BCUT2D eigenvalue weighted by atomic mass is 19.4. The summed E-state index contributed by atoms with van der Waals surface area (Å²) in [6, 6.07) is 0.866. The zero-order chi connectivity index (χ0) is 14.0. The molecule has 0 aliphatic carbocycles. The van der Waals surface area contributed by atoms with Crippen LogP contribution in [0.1, 0.15) is 17.2 Å². The van der Waals surface area contributed by atoms with Crippen LogP contribution in [0.25, 0.3) is 0 Å². The van der Waals surface area contributed by atoms with Crippen LogP contribution in [-0.4, -0.2) is 47.8 Å². The van der Waals surface area contributed by atoms with Crippen LogP contribution in [0, 0.1) is 0 Å². The van der Waals surface area contributed by atoms with Gasteiger partial charge in [0.25, 0.3) is 0 Å². The van der Waals surface area contributed by atoms with E-state index in [0.29, 0.717) is 19.7 Å². The largest absolute Gasteiger partial charge is 0.416 e. The van der Waals surface area contributed by atoms with E-state index in [4.69, 9.17) is 4.74 Å². The Balaban J connectivity index is 2.26. The summed E-state index contributed by atoms with van der Waals surface area (Å²) in [6.07, 6.45) is -4.42. The summed E-state index contributed by atoms with van der Waals surface area (Å²) in [6.45, 7) is 1.47. The molecule has 2 heterocycles. The highest BCUT2D eigenvalue weighted by Gasteiger charge is 2.37. The van der Waals surface area contributed by atoms with Gasteiger partial charge in [0.2, 0.25) is 0 Å². The number of alkyl halides is 3. The average Bonchev–Trinajstić information content (AvgIpc) is 2.37. The second-order valence-electron chi connectivity index (χ2n) is 4.58. The SMILES string of the molecule is CN1CCOC(C(O)c2cnccc2C(F)(F)F)C1. The lowest BCUT2D eigenvalue weighted by atomic mass is 9.99. The van der Waals surface area contributed by atoms with Crippen LogP contribution >= 0.6 is 0 Å². The van der Waals surface area contributed by atoms with Gasteiger partial charge in [0.1, 0.15) is 12.2 Å². The average molecular weight is 276 g/mol. The Morgan fingerprint density at radius 3 is 2.89 bits per heavy atom. The van der Waals surface area contributed by atoms with E-state index in [1.807, 2.05) is 11.9 Å². The van der Waals surface area contributed by atoms with Crippen molar-refractivity contribution in [2.75, 3.05) is 26.7 Å². The molecular formula is C12H15F3N2O2. The van der Waals surface area contributed by atoms with Gasteiger partial charge in [0.15, 0.2) is 0 Å². The van der Waals surface area contributed by atoms with Crippen molar-refractivity contribution in [1.29, 1.82) is 0 Å². The molecule has 0 saturated carbocycles. The molecular weight excluding hydrogens is 261 g/mol. The van der Waals surface area contributed by atoms with Crippen molar-refractivity contribution in [2.45, 2.75) is 18.4 Å². The second-order valence-corrected chi connectivity index (χ2v) is 4.58. The van der Waals surface area contributed by atoms with Crippen LogP contribution in [-0.2, 0) is 10.9 Å². The number of likely N-dealkylation sites (N-methyl/N-ethyl adjacent to an activating group) is 1. The molecule has 2 unspecified atom stereocenters. The van der Waals surface area contributed by atoms with E-state index in [1.165, 1.54) is 0 Å². The number of pyridine rings is 1. The molecule has 1 saturated heterocycles.